The van der Waals surface area contributed by atoms with Crippen molar-refractivity contribution in [2.24, 2.45) is 5.92 Å². The summed E-state index contributed by atoms with van der Waals surface area (Å²) in [6, 6.07) is 8.31. The fourth-order valence-corrected chi connectivity index (χ4v) is 5.60. The van der Waals surface area contributed by atoms with E-state index in [4.69, 9.17) is 27.9 Å². The van der Waals surface area contributed by atoms with E-state index < -0.39 is 6.10 Å². The topological polar surface area (TPSA) is 46.5 Å². The molecule has 5 atom stereocenters. The maximum atomic E-state index is 11.6. The number of aliphatic hydroxyl groups excluding tert-OH is 1. The third-order valence-electron chi connectivity index (χ3n) is 6.25. The van der Waals surface area contributed by atoms with Crippen molar-refractivity contribution in [3.8, 4) is 0 Å². The highest BCUT2D eigenvalue weighted by molar-refractivity contribution is 6.25. The van der Waals surface area contributed by atoms with E-state index in [1.165, 1.54) is 5.56 Å². The van der Waals surface area contributed by atoms with Gasteiger partial charge in [-0.25, -0.2) is 0 Å². The molecule has 1 aliphatic rings. The van der Waals surface area contributed by atoms with Crippen molar-refractivity contribution >= 4 is 29.2 Å². The molecule has 0 radical (unpaired) electrons. The zero-order valence-corrected chi connectivity index (χ0v) is 21.3. The second-order valence-corrected chi connectivity index (χ2v) is 10.4. The number of carbonyl (C=O) groups is 1. The van der Waals surface area contributed by atoms with Crippen LogP contribution in [0.5, 0.6) is 0 Å². The van der Waals surface area contributed by atoms with Crippen molar-refractivity contribution in [1.82, 2.24) is 0 Å². The van der Waals surface area contributed by atoms with E-state index in [9.17, 15) is 9.90 Å². The molecule has 2 rings (SSSR count). The molecule has 0 saturated heterocycles. The van der Waals surface area contributed by atoms with Crippen LogP contribution in [0.4, 0.5) is 0 Å². The molecule has 1 unspecified atom stereocenters. The first-order chi connectivity index (χ1) is 15.3. The van der Waals surface area contributed by atoms with E-state index in [-0.39, 0.29) is 34.7 Å². The maximum absolute atomic E-state index is 11.6. The molecule has 0 bridgehead atoms. The predicted molar refractivity (Wildman–Crippen MR) is 135 cm³/mol. The Bertz CT molecular complexity index is 701. The van der Waals surface area contributed by atoms with Crippen molar-refractivity contribution in [2.75, 3.05) is 0 Å². The first-order valence-electron chi connectivity index (χ1n) is 12.2. The van der Waals surface area contributed by atoms with Crippen molar-refractivity contribution in [1.29, 1.82) is 0 Å². The van der Waals surface area contributed by atoms with E-state index in [0.717, 1.165) is 56.9 Å². The second-order valence-electron chi connectivity index (χ2n) is 9.27. The molecule has 0 aliphatic heterocycles. The summed E-state index contributed by atoms with van der Waals surface area (Å²) in [5.41, 5.74) is 2.18. The van der Waals surface area contributed by atoms with Gasteiger partial charge >= 0.3 is 5.97 Å². The zero-order chi connectivity index (χ0) is 23.5. The number of ether oxygens (including phenoxy) is 1. The third-order valence-corrected chi connectivity index (χ3v) is 7.20. The summed E-state index contributed by atoms with van der Waals surface area (Å²) in [4.78, 5) is 11.6. The number of esters is 1. The van der Waals surface area contributed by atoms with Gasteiger partial charge in [0, 0.05) is 23.1 Å². The van der Waals surface area contributed by atoms with Gasteiger partial charge in [0.15, 0.2) is 0 Å². The summed E-state index contributed by atoms with van der Waals surface area (Å²) >= 11 is 13.4. The van der Waals surface area contributed by atoms with Gasteiger partial charge in [-0.3, -0.25) is 4.79 Å². The highest BCUT2D eigenvalue weighted by Crippen LogP contribution is 2.47. The molecular formula is C27H40Cl2O3. The Labute approximate surface area is 204 Å². The molecule has 5 heteroatoms. The average Bonchev–Trinajstić information content (AvgIpc) is 3.03. The molecule has 0 spiro atoms. The Morgan fingerprint density at radius 2 is 1.84 bits per heavy atom. The summed E-state index contributed by atoms with van der Waals surface area (Å²) in [7, 11) is 0. The largest absolute Gasteiger partial charge is 0.463 e. The molecule has 1 aromatic rings. The second kappa shape index (κ2) is 14.3. The van der Waals surface area contributed by atoms with E-state index in [0.29, 0.717) is 6.42 Å². The summed E-state index contributed by atoms with van der Waals surface area (Å²) in [6.45, 7) is 5.91. The lowest BCUT2D eigenvalue weighted by atomic mass is 9.85. The molecular weight excluding hydrogens is 443 g/mol. The van der Waals surface area contributed by atoms with Crippen LogP contribution >= 0.6 is 23.2 Å². The molecule has 180 valence electrons. The number of allylic oxidation sites excluding steroid dienone is 2. The van der Waals surface area contributed by atoms with E-state index in [2.05, 4.69) is 31.2 Å². The predicted octanol–water partition coefficient (Wildman–Crippen LogP) is 7.69. The van der Waals surface area contributed by atoms with Gasteiger partial charge in [0.25, 0.3) is 0 Å². The van der Waals surface area contributed by atoms with Gasteiger partial charge in [-0.15, -0.1) is 23.2 Å². The smallest absolute Gasteiger partial charge is 0.306 e. The fraction of sp³-hybridized carbons (Fsp3) is 0.667. The molecule has 1 fully saturated rings. The minimum absolute atomic E-state index is 0.0158. The van der Waals surface area contributed by atoms with Crippen LogP contribution in [0.15, 0.2) is 36.4 Å². The zero-order valence-electron chi connectivity index (χ0n) is 19.8. The first kappa shape index (κ1) is 27.2. The number of rotatable bonds is 13. The van der Waals surface area contributed by atoms with Crippen LogP contribution in [0.25, 0.3) is 0 Å². The van der Waals surface area contributed by atoms with Gasteiger partial charge in [-0.1, -0.05) is 62.6 Å². The number of aliphatic hydroxyl groups is 1. The summed E-state index contributed by atoms with van der Waals surface area (Å²) in [5.74, 6) is 0.353. The number of hydrogen-bond donors (Lipinski definition) is 1. The van der Waals surface area contributed by atoms with Gasteiger partial charge in [-0.05, 0) is 63.0 Å². The van der Waals surface area contributed by atoms with Gasteiger partial charge in [0.2, 0.25) is 0 Å². The normalized spacial score (nSPS) is 24.3. The van der Waals surface area contributed by atoms with Crippen LogP contribution in [-0.4, -0.2) is 27.9 Å². The first-order valence-corrected chi connectivity index (χ1v) is 13.1. The van der Waals surface area contributed by atoms with Crippen LogP contribution in [-0.2, 0) is 9.53 Å². The summed E-state index contributed by atoms with van der Waals surface area (Å²) in [6.07, 6.45) is 11.8. The third kappa shape index (κ3) is 8.72. The van der Waals surface area contributed by atoms with E-state index >= 15 is 0 Å². The summed E-state index contributed by atoms with van der Waals surface area (Å²) in [5, 5.41) is 10.5. The van der Waals surface area contributed by atoms with Crippen LogP contribution in [0, 0.1) is 5.92 Å². The Kier molecular flexibility index (Phi) is 12.1. The molecule has 1 saturated carbocycles. The maximum Gasteiger partial charge on any atom is 0.306 e. The van der Waals surface area contributed by atoms with Gasteiger partial charge in [-0.2, -0.15) is 0 Å². The average molecular weight is 484 g/mol. The molecule has 0 heterocycles. The minimum atomic E-state index is -0.400. The summed E-state index contributed by atoms with van der Waals surface area (Å²) < 4.78 is 5.16. The molecule has 3 nitrogen and oxygen atoms in total. The van der Waals surface area contributed by atoms with E-state index in [1.54, 1.807) is 0 Å². The molecule has 32 heavy (non-hydrogen) atoms. The van der Waals surface area contributed by atoms with Crippen molar-refractivity contribution in [3.05, 3.63) is 47.5 Å². The lowest BCUT2D eigenvalue weighted by Gasteiger charge is -2.23. The standard InChI is InChI=1S/C27H40Cl2O3/c1-4-5-8-12-25(30)20-14-16-21(17-15-20)27-22(23(28)18-24(27)29)11-9-6-7-10-13-26(31)32-19(2)3/h6,9,14-17,19,22-25,27,30H,4-5,7-8,10-13,18H2,1-3H3/b9-6-/t22-,23+,24+,25?,27+/m0/s1. The van der Waals surface area contributed by atoms with Gasteiger partial charge in [0.05, 0.1) is 12.2 Å². The number of halogens is 2. The highest BCUT2D eigenvalue weighted by Gasteiger charge is 2.41. The van der Waals surface area contributed by atoms with Crippen LogP contribution in [0.2, 0.25) is 0 Å². The molecule has 1 aromatic carbocycles. The quantitative estimate of drug-likeness (QED) is 0.135. The Hall–Kier alpha value is -1.03. The molecule has 1 N–H and O–H groups in total. The molecule has 0 aromatic heterocycles. The lowest BCUT2D eigenvalue weighted by molar-refractivity contribution is -0.147. The van der Waals surface area contributed by atoms with E-state index in [1.807, 2.05) is 26.0 Å². The Morgan fingerprint density at radius 1 is 1.12 bits per heavy atom. The monoisotopic (exact) mass is 482 g/mol. The van der Waals surface area contributed by atoms with Gasteiger partial charge < -0.3 is 9.84 Å². The Morgan fingerprint density at radius 3 is 2.50 bits per heavy atom. The number of unbranched alkanes of at least 4 members (excludes halogenated alkanes) is 3. The van der Waals surface area contributed by atoms with Crippen molar-refractivity contribution < 1.29 is 14.6 Å². The number of hydrogen-bond acceptors (Lipinski definition) is 3. The van der Waals surface area contributed by atoms with Crippen molar-refractivity contribution in [3.63, 3.8) is 0 Å². The minimum Gasteiger partial charge on any atom is -0.463 e. The Balaban J connectivity index is 1.89. The van der Waals surface area contributed by atoms with Crippen LogP contribution in [0.3, 0.4) is 0 Å². The SMILES string of the molecule is CCCCCC(O)c1ccc([C@@H]2[C@@H](C/C=C\CCCC(=O)OC(C)C)[C@H](Cl)C[C@H]2Cl)cc1. The molecule has 0 amide bonds. The lowest BCUT2D eigenvalue weighted by Crippen LogP contribution is -2.16. The van der Waals surface area contributed by atoms with Crippen LogP contribution < -0.4 is 0 Å². The molecule has 1 aliphatic carbocycles. The number of alkyl halides is 2. The number of carbonyl (C=O) groups excluding carboxylic acids is 1. The van der Waals surface area contributed by atoms with Crippen LogP contribution in [0.1, 0.15) is 102 Å². The van der Waals surface area contributed by atoms with Crippen molar-refractivity contribution in [2.45, 2.75) is 107 Å². The van der Waals surface area contributed by atoms with Gasteiger partial charge in [0.1, 0.15) is 0 Å². The number of benzene rings is 1. The fourth-order valence-electron chi connectivity index (χ4n) is 4.53. The highest BCUT2D eigenvalue weighted by atomic mass is 35.5.